The Bertz CT molecular complexity index is 837. The summed E-state index contributed by atoms with van der Waals surface area (Å²) >= 11 is 0. The number of halogens is 2. The minimum absolute atomic E-state index is 0.113. The van der Waals surface area contributed by atoms with Gasteiger partial charge in [-0.2, -0.15) is 0 Å². The first-order valence-corrected chi connectivity index (χ1v) is 7.71. The molecule has 0 spiro atoms. The van der Waals surface area contributed by atoms with Crippen molar-refractivity contribution in [2.24, 2.45) is 0 Å². The van der Waals surface area contributed by atoms with Gasteiger partial charge in [0.1, 0.15) is 5.75 Å². The average molecular weight is 360 g/mol. The number of nitrogens with zero attached hydrogens (tertiary/aromatic N) is 1. The molecular weight excluding hydrogens is 342 g/mol. The quantitative estimate of drug-likeness (QED) is 0.806. The number of amides is 2. The summed E-state index contributed by atoms with van der Waals surface area (Å²) < 4.78 is 31.1. The Morgan fingerprint density at radius 2 is 1.92 bits per heavy atom. The molecule has 136 valence electrons. The summed E-state index contributed by atoms with van der Waals surface area (Å²) in [5.41, 5.74) is 0.888. The molecule has 0 unspecified atom stereocenters. The normalized spacial score (nSPS) is 10.6. The van der Waals surface area contributed by atoms with Crippen LogP contribution in [0.25, 0.3) is 6.08 Å². The van der Waals surface area contributed by atoms with Crippen molar-refractivity contribution in [3.8, 4) is 5.75 Å². The number of hydrogen-bond acceptors (Lipinski definition) is 3. The van der Waals surface area contributed by atoms with Crippen molar-refractivity contribution < 1.29 is 23.1 Å². The van der Waals surface area contributed by atoms with Crippen LogP contribution in [0.2, 0.25) is 0 Å². The molecule has 7 heteroatoms. The first kappa shape index (κ1) is 19.1. The van der Waals surface area contributed by atoms with E-state index in [1.807, 2.05) is 6.07 Å². The van der Waals surface area contributed by atoms with E-state index < -0.39 is 17.5 Å². The van der Waals surface area contributed by atoms with E-state index in [2.05, 4.69) is 5.32 Å². The summed E-state index contributed by atoms with van der Waals surface area (Å²) in [5.74, 6) is -2.31. The van der Waals surface area contributed by atoms with Crippen LogP contribution in [-0.4, -0.2) is 37.4 Å². The fourth-order valence-electron chi connectivity index (χ4n) is 2.11. The second-order valence-corrected chi connectivity index (χ2v) is 5.48. The van der Waals surface area contributed by atoms with Gasteiger partial charge in [-0.3, -0.25) is 9.59 Å². The number of nitrogens with one attached hydrogen (secondary N) is 1. The Morgan fingerprint density at radius 3 is 2.62 bits per heavy atom. The van der Waals surface area contributed by atoms with Gasteiger partial charge < -0.3 is 15.0 Å². The van der Waals surface area contributed by atoms with Crippen LogP contribution in [0.15, 0.2) is 48.5 Å². The molecule has 0 aliphatic carbocycles. The number of ether oxygens (including phenoxy) is 1. The predicted octanol–water partition coefficient (Wildman–Crippen LogP) is 3.08. The largest absolute Gasteiger partial charge is 0.497 e. The summed E-state index contributed by atoms with van der Waals surface area (Å²) in [6.07, 6.45) is 2.94. The lowest BCUT2D eigenvalue weighted by atomic mass is 10.2. The first-order chi connectivity index (χ1) is 12.4. The van der Waals surface area contributed by atoms with E-state index in [0.717, 1.165) is 17.7 Å². The maximum atomic E-state index is 13.1. The Kier molecular flexibility index (Phi) is 6.43. The van der Waals surface area contributed by atoms with E-state index in [0.29, 0.717) is 5.75 Å². The lowest BCUT2D eigenvalue weighted by Gasteiger charge is -2.15. The maximum Gasteiger partial charge on any atom is 0.246 e. The number of carbonyl (C=O) groups excluding carboxylic acids is 2. The van der Waals surface area contributed by atoms with Crippen molar-refractivity contribution in [2.75, 3.05) is 26.0 Å². The smallest absolute Gasteiger partial charge is 0.246 e. The minimum Gasteiger partial charge on any atom is -0.497 e. The summed E-state index contributed by atoms with van der Waals surface area (Å²) in [4.78, 5) is 25.2. The molecule has 0 saturated carbocycles. The maximum absolute atomic E-state index is 13.1. The molecule has 2 amide bonds. The number of likely N-dealkylation sites (N-methyl/N-ethyl adjacent to an activating group) is 1. The van der Waals surface area contributed by atoms with Crippen molar-refractivity contribution in [1.82, 2.24) is 4.90 Å². The molecule has 2 rings (SSSR count). The highest BCUT2D eigenvalue weighted by Crippen LogP contribution is 2.14. The molecule has 0 fully saturated rings. The summed E-state index contributed by atoms with van der Waals surface area (Å²) in [7, 11) is 3.01. The molecule has 1 N–H and O–H groups in total. The van der Waals surface area contributed by atoms with Gasteiger partial charge in [0.2, 0.25) is 11.8 Å². The average Bonchev–Trinajstić information content (AvgIpc) is 2.62. The van der Waals surface area contributed by atoms with Crippen LogP contribution in [-0.2, 0) is 9.59 Å². The Labute approximate surface area is 149 Å². The number of carbonyl (C=O) groups is 2. The zero-order chi connectivity index (χ0) is 19.1. The molecule has 0 bridgehead atoms. The summed E-state index contributed by atoms with van der Waals surface area (Å²) in [6, 6.07) is 10.2. The first-order valence-electron chi connectivity index (χ1n) is 7.71. The molecule has 2 aromatic rings. The molecule has 0 aromatic heterocycles. The predicted molar refractivity (Wildman–Crippen MR) is 94.7 cm³/mol. The number of anilines is 1. The van der Waals surface area contributed by atoms with E-state index in [4.69, 9.17) is 4.74 Å². The number of benzene rings is 2. The summed E-state index contributed by atoms with van der Waals surface area (Å²) in [6.45, 7) is -0.236. The van der Waals surface area contributed by atoms with Gasteiger partial charge in [-0.1, -0.05) is 12.1 Å². The lowest BCUT2D eigenvalue weighted by molar-refractivity contribution is -0.129. The van der Waals surface area contributed by atoms with Gasteiger partial charge in [0.05, 0.1) is 13.7 Å². The molecule has 5 nitrogen and oxygen atoms in total. The molecular formula is C19H18F2N2O3. The third-order valence-electron chi connectivity index (χ3n) is 3.47. The van der Waals surface area contributed by atoms with E-state index in [-0.39, 0.29) is 18.1 Å². The van der Waals surface area contributed by atoms with Crippen LogP contribution in [0.5, 0.6) is 5.75 Å². The zero-order valence-electron chi connectivity index (χ0n) is 14.3. The van der Waals surface area contributed by atoms with Crippen molar-refractivity contribution in [3.63, 3.8) is 0 Å². The van der Waals surface area contributed by atoms with Crippen molar-refractivity contribution in [1.29, 1.82) is 0 Å². The third kappa shape index (κ3) is 5.41. The van der Waals surface area contributed by atoms with E-state index in [1.54, 1.807) is 31.4 Å². The van der Waals surface area contributed by atoms with Crippen LogP contribution in [0.1, 0.15) is 5.56 Å². The highest BCUT2D eigenvalue weighted by molar-refractivity contribution is 5.97. The van der Waals surface area contributed by atoms with Gasteiger partial charge in [-0.15, -0.1) is 0 Å². The van der Waals surface area contributed by atoms with Crippen molar-refractivity contribution in [2.45, 2.75) is 0 Å². The van der Waals surface area contributed by atoms with Crippen molar-refractivity contribution in [3.05, 3.63) is 65.7 Å². The minimum atomic E-state index is -1.06. The highest BCUT2D eigenvalue weighted by Gasteiger charge is 2.12. The van der Waals surface area contributed by atoms with Gasteiger partial charge in [-0.05, 0) is 35.9 Å². The number of rotatable bonds is 6. The number of methoxy groups -OCH3 is 1. The topological polar surface area (TPSA) is 58.6 Å². The van der Waals surface area contributed by atoms with Gasteiger partial charge in [0, 0.05) is 24.9 Å². The SMILES string of the molecule is COc1cccc(/C=C/C(=O)N(C)CC(=O)Nc2ccc(F)c(F)c2)c1. The fraction of sp³-hybridized carbons (Fsp3) is 0.158. The van der Waals surface area contributed by atoms with Crippen molar-refractivity contribution >= 4 is 23.6 Å². The zero-order valence-corrected chi connectivity index (χ0v) is 14.3. The van der Waals surface area contributed by atoms with Gasteiger partial charge >= 0.3 is 0 Å². The number of hydrogen-bond donors (Lipinski definition) is 1. The van der Waals surface area contributed by atoms with E-state index in [9.17, 15) is 18.4 Å². The second-order valence-electron chi connectivity index (χ2n) is 5.48. The van der Waals surface area contributed by atoms with E-state index >= 15 is 0 Å². The lowest BCUT2D eigenvalue weighted by Crippen LogP contribution is -2.33. The molecule has 26 heavy (non-hydrogen) atoms. The molecule has 0 aliphatic heterocycles. The van der Waals surface area contributed by atoms with Gasteiger partial charge in [0.25, 0.3) is 0 Å². The Hall–Kier alpha value is -3.22. The van der Waals surface area contributed by atoms with Crippen LogP contribution < -0.4 is 10.1 Å². The van der Waals surface area contributed by atoms with Gasteiger partial charge in [-0.25, -0.2) is 8.78 Å². The fourth-order valence-corrected chi connectivity index (χ4v) is 2.11. The van der Waals surface area contributed by atoms with Crippen LogP contribution in [0.4, 0.5) is 14.5 Å². The Morgan fingerprint density at radius 1 is 1.15 bits per heavy atom. The van der Waals surface area contributed by atoms with Crippen LogP contribution in [0.3, 0.4) is 0 Å². The molecule has 0 saturated heterocycles. The highest BCUT2D eigenvalue weighted by atomic mass is 19.2. The Balaban J connectivity index is 1.91. The molecule has 2 aromatic carbocycles. The van der Waals surface area contributed by atoms with Crippen LogP contribution >= 0.6 is 0 Å². The van der Waals surface area contributed by atoms with E-state index in [1.165, 1.54) is 24.1 Å². The molecule has 0 heterocycles. The third-order valence-corrected chi connectivity index (χ3v) is 3.47. The monoisotopic (exact) mass is 360 g/mol. The van der Waals surface area contributed by atoms with Crippen LogP contribution in [0, 0.1) is 11.6 Å². The molecule has 0 radical (unpaired) electrons. The second kappa shape index (κ2) is 8.75. The molecule has 0 aliphatic rings. The van der Waals surface area contributed by atoms with Gasteiger partial charge in [0.15, 0.2) is 11.6 Å². The standard InChI is InChI=1S/C19H18F2N2O3/c1-23(12-18(24)22-14-7-8-16(20)17(21)11-14)19(25)9-6-13-4-3-5-15(10-13)26-2/h3-11H,12H2,1-2H3,(H,22,24)/b9-6+. The summed E-state index contributed by atoms with van der Waals surface area (Å²) in [5, 5.41) is 2.40. The molecule has 0 atom stereocenters.